The first kappa shape index (κ1) is 14.0. The molecule has 0 amide bonds. The minimum atomic E-state index is -0.333. The smallest absolute Gasteiger partial charge is 0.226 e. The van der Waals surface area contributed by atoms with Crippen LogP contribution in [-0.2, 0) is 11.2 Å². The van der Waals surface area contributed by atoms with Gasteiger partial charge in [-0.05, 0) is 23.6 Å². The zero-order valence-corrected chi connectivity index (χ0v) is 10.9. The summed E-state index contributed by atoms with van der Waals surface area (Å²) in [5, 5.41) is 2.92. The highest BCUT2D eigenvalue weighted by Gasteiger charge is 2.07. The van der Waals surface area contributed by atoms with Gasteiger partial charge in [-0.15, -0.1) is 12.4 Å². The lowest BCUT2D eigenvalue weighted by atomic mass is 10.1. The Labute approximate surface area is 112 Å². The van der Waals surface area contributed by atoms with Crippen LogP contribution in [0.2, 0.25) is 0 Å². The van der Waals surface area contributed by atoms with E-state index in [1.54, 1.807) is 0 Å². The predicted octanol–water partition coefficient (Wildman–Crippen LogP) is 2.16. The fourth-order valence-corrected chi connectivity index (χ4v) is 1.82. The molecule has 0 fully saturated rings. The van der Waals surface area contributed by atoms with E-state index in [2.05, 4.69) is 10.3 Å². The summed E-state index contributed by atoms with van der Waals surface area (Å²) < 4.78 is 0. The maximum atomic E-state index is 10.7. The Hall–Kier alpha value is -1.06. The molecule has 1 N–H and O–H groups in total. The summed E-state index contributed by atoms with van der Waals surface area (Å²) in [5.41, 5.74) is 1.99. The van der Waals surface area contributed by atoms with E-state index in [0.717, 1.165) is 36.5 Å². The predicted molar refractivity (Wildman–Crippen MR) is 72.3 cm³/mol. The van der Waals surface area contributed by atoms with Crippen LogP contribution in [-0.4, -0.2) is 24.2 Å². The molecule has 0 aromatic heterocycles. The quantitative estimate of drug-likeness (QED) is 0.857. The fourth-order valence-electron chi connectivity index (χ4n) is 1.67. The van der Waals surface area contributed by atoms with Gasteiger partial charge in [0.1, 0.15) is 5.84 Å². The molecular weight excluding hydrogens is 259 g/mol. The van der Waals surface area contributed by atoms with Gasteiger partial charge in [0.05, 0.1) is 0 Å². The molecule has 92 valence electrons. The molecule has 1 aromatic carbocycles. The Kier molecular flexibility index (Phi) is 5.45. The minimum absolute atomic E-state index is 0. The van der Waals surface area contributed by atoms with Crippen molar-refractivity contribution in [2.75, 3.05) is 13.1 Å². The second kappa shape index (κ2) is 6.62. The Morgan fingerprint density at radius 3 is 2.59 bits per heavy atom. The Morgan fingerprint density at radius 2 is 2.06 bits per heavy atom. The normalized spacial score (nSPS) is 14.3. The van der Waals surface area contributed by atoms with Crippen molar-refractivity contribution in [1.82, 2.24) is 5.32 Å². The Balaban J connectivity index is 0.00000144. The summed E-state index contributed by atoms with van der Waals surface area (Å²) in [4.78, 5) is 15.1. The molecule has 0 spiro atoms. The van der Waals surface area contributed by atoms with Crippen molar-refractivity contribution < 1.29 is 4.79 Å². The van der Waals surface area contributed by atoms with Crippen molar-refractivity contribution in [3.63, 3.8) is 0 Å². The molecule has 1 aliphatic rings. The Morgan fingerprint density at radius 1 is 1.35 bits per heavy atom. The first-order valence-corrected chi connectivity index (χ1v) is 5.69. The van der Waals surface area contributed by atoms with Gasteiger partial charge >= 0.3 is 0 Å². The zero-order valence-electron chi connectivity index (χ0n) is 9.28. The number of rotatable bonds is 3. The van der Waals surface area contributed by atoms with Gasteiger partial charge in [-0.3, -0.25) is 9.79 Å². The van der Waals surface area contributed by atoms with E-state index in [9.17, 15) is 4.79 Å². The maximum absolute atomic E-state index is 10.7. The van der Waals surface area contributed by atoms with Gasteiger partial charge in [0.15, 0.2) is 0 Å². The molecular formula is C12H14Cl2N2O. The molecule has 0 saturated carbocycles. The van der Waals surface area contributed by atoms with Gasteiger partial charge in [-0.1, -0.05) is 24.3 Å². The van der Waals surface area contributed by atoms with E-state index >= 15 is 0 Å². The van der Waals surface area contributed by atoms with Crippen LogP contribution in [0.25, 0.3) is 0 Å². The van der Waals surface area contributed by atoms with Crippen LogP contribution in [0.4, 0.5) is 0 Å². The molecule has 0 saturated heterocycles. The molecule has 1 aromatic rings. The fraction of sp³-hybridized carbons (Fsp3) is 0.333. The molecule has 17 heavy (non-hydrogen) atoms. The lowest BCUT2D eigenvalue weighted by Crippen LogP contribution is -2.30. The molecule has 2 rings (SSSR count). The van der Waals surface area contributed by atoms with Crippen molar-refractivity contribution >= 4 is 35.1 Å². The number of hydrogen-bond acceptors (Lipinski definition) is 3. The van der Waals surface area contributed by atoms with E-state index in [0.29, 0.717) is 0 Å². The largest absolute Gasteiger partial charge is 0.370 e. The second-order valence-corrected chi connectivity index (χ2v) is 4.16. The molecule has 0 radical (unpaired) electrons. The first-order valence-electron chi connectivity index (χ1n) is 5.31. The van der Waals surface area contributed by atoms with E-state index in [1.807, 2.05) is 24.3 Å². The van der Waals surface area contributed by atoms with E-state index in [-0.39, 0.29) is 24.1 Å². The third-order valence-corrected chi connectivity index (χ3v) is 2.60. The number of carbonyl (C=O) groups is 1. The van der Waals surface area contributed by atoms with Gasteiger partial charge in [-0.2, -0.15) is 0 Å². The standard InChI is InChI=1S/C12H13ClN2O.ClH/c13-11(16)8-9-2-4-10(5-3-9)12-14-6-1-7-15-12;/h2-5H,1,6-8H2,(H,14,15);1H. The van der Waals surface area contributed by atoms with Gasteiger partial charge in [0.2, 0.25) is 5.24 Å². The average Bonchev–Trinajstić information content (AvgIpc) is 2.30. The number of nitrogens with zero attached hydrogens (tertiary/aromatic N) is 1. The van der Waals surface area contributed by atoms with Crippen molar-refractivity contribution in [2.45, 2.75) is 12.8 Å². The summed E-state index contributed by atoms with van der Waals surface area (Å²) in [5.74, 6) is 0.940. The van der Waals surface area contributed by atoms with Crippen molar-refractivity contribution in [3.8, 4) is 0 Å². The highest BCUT2D eigenvalue weighted by Crippen LogP contribution is 2.08. The van der Waals surface area contributed by atoms with Gasteiger partial charge < -0.3 is 5.32 Å². The van der Waals surface area contributed by atoms with Gasteiger partial charge in [0, 0.05) is 25.1 Å². The molecule has 1 aliphatic heterocycles. The van der Waals surface area contributed by atoms with E-state index < -0.39 is 0 Å². The third-order valence-electron chi connectivity index (χ3n) is 2.47. The van der Waals surface area contributed by atoms with Gasteiger partial charge in [-0.25, -0.2) is 0 Å². The molecule has 0 atom stereocenters. The van der Waals surface area contributed by atoms with Crippen LogP contribution in [0.5, 0.6) is 0 Å². The lowest BCUT2D eigenvalue weighted by molar-refractivity contribution is -0.111. The summed E-state index contributed by atoms with van der Waals surface area (Å²) >= 11 is 5.33. The second-order valence-electron chi connectivity index (χ2n) is 3.74. The molecule has 5 heteroatoms. The minimum Gasteiger partial charge on any atom is -0.370 e. The number of benzene rings is 1. The Bertz CT molecular complexity index is 415. The van der Waals surface area contributed by atoms with Crippen LogP contribution >= 0.6 is 24.0 Å². The van der Waals surface area contributed by atoms with Gasteiger partial charge in [0.25, 0.3) is 0 Å². The van der Waals surface area contributed by atoms with Crippen LogP contribution in [0.15, 0.2) is 29.3 Å². The summed E-state index contributed by atoms with van der Waals surface area (Å²) in [7, 11) is 0. The monoisotopic (exact) mass is 272 g/mol. The molecule has 3 nitrogen and oxygen atoms in total. The molecule has 0 bridgehead atoms. The highest BCUT2D eigenvalue weighted by molar-refractivity contribution is 6.63. The maximum Gasteiger partial charge on any atom is 0.226 e. The van der Waals surface area contributed by atoms with Crippen LogP contribution in [0, 0.1) is 0 Å². The molecule has 0 aliphatic carbocycles. The van der Waals surface area contributed by atoms with Crippen LogP contribution in [0.3, 0.4) is 0 Å². The number of halogens is 2. The highest BCUT2D eigenvalue weighted by atomic mass is 35.5. The summed E-state index contributed by atoms with van der Waals surface area (Å²) in [6.45, 7) is 1.85. The topological polar surface area (TPSA) is 41.5 Å². The number of carbonyl (C=O) groups excluding carboxylic acids is 1. The zero-order chi connectivity index (χ0) is 11.4. The van der Waals surface area contributed by atoms with E-state index in [1.165, 1.54) is 0 Å². The van der Waals surface area contributed by atoms with E-state index in [4.69, 9.17) is 11.6 Å². The van der Waals surface area contributed by atoms with Crippen molar-refractivity contribution in [3.05, 3.63) is 35.4 Å². The SMILES string of the molecule is Cl.O=C(Cl)Cc1ccc(C2=NCCCN2)cc1. The van der Waals surface area contributed by atoms with Crippen LogP contribution < -0.4 is 5.32 Å². The lowest BCUT2D eigenvalue weighted by Gasteiger charge is -2.14. The number of amidine groups is 1. The summed E-state index contributed by atoms with van der Waals surface area (Å²) in [6.07, 6.45) is 1.37. The van der Waals surface area contributed by atoms with Crippen LogP contribution in [0.1, 0.15) is 17.5 Å². The first-order chi connectivity index (χ1) is 7.75. The van der Waals surface area contributed by atoms with Crippen molar-refractivity contribution in [1.29, 1.82) is 0 Å². The molecule has 0 unspecified atom stereocenters. The number of nitrogens with one attached hydrogen (secondary N) is 1. The number of aliphatic imine (C=N–C) groups is 1. The molecule has 1 heterocycles. The third kappa shape index (κ3) is 4.02. The van der Waals surface area contributed by atoms with Crippen molar-refractivity contribution in [2.24, 2.45) is 4.99 Å². The average molecular weight is 273 g/mol. The number of hydrogen-bond donors (Lipinski definition) is 1. The summed E-state index contributed by atoms with van der Waals surface area (Å²) in [6, 6.07) is 7.75.